The molecule has 1 unspecified atom stereocenters. The topological polar surface area (TPSA) is 50.6 Å². The monoisotopic (exact) mass is 426 g/mol. The third-order valence-electron chi connectivity index (χ3n) is 5.67. The lowest BCUT2D eigenvalue weighted by Gasteiger charge is -2.46. The molecule has 0 bridgehead atoms. The van der Waals surface area contributed by atoms with Crippen molar-refractivity contribution in [3.8, 4) is 6.07 Å². The molecule has 0 saturated carbocycles. The molecule has 2 aromatic rings. The molecule has 5 nitrogen and oxygen atoms in total. The van der Waals surface area contributed by atoms with Crippen LogP contribution in [0, 0.1) is 23.0 Å². The van der Waals surface area contributed by atoms with Gasteiger partial charge in [0, 0.05) is 57.4 Å². The SMILES string of the molecule is CC.N#Cc1cccc(CN2CCN3CCN(Cc4ccc(F)cc4F)C(=O)C3C2)c1. The molecule has 0 radical (unpaired) electrons. The van der Waals surface area contributed by atoms with Crippen LogP contribution in [-0.2, 0) is 17.9 Å². The minimum atomic E-state index is -0.622. The lowest BCUT2D eigenvalue weighted by atomic mass is 10.0. The van der Waals surface area contributed by atoms with E-state index in [9.17, 15) is 13.6 Å². The van der Waals surface area contributed by atoms with Gasteiger partial charge in [-0.2, -0.15) is 5.26 Å². The minimum absolute atomic E-state index is 0.0181. The van der Waals surface area contributed by atoms with Gasteiger partial charge < -0.3 is 4.90 Å². The molecule has 2 aliphatic rings. The summed E-state index contributed by atoms with van der Waals surface area (Å²) < 4.78 is 27.2. The molecule has 2 aromatic carbocycles. The Kier molecular flexibility index (Phi) is 7.72. The molecule has 1 amide bonds. The predicted octanol–water partition coefficient (Wildman–Crippen LogP) is 3.39. The molecule has 0 aliphatic carbocycles. The Labute approximate surface area is 182 Å². The fourth-order valence-corrected chi connectivity index (χ4v) is 4.10. The molecule has 0 N–H and O–H groups in total. The van der Waals surface area contributed by atoms with Crippen LogP contribution in [0.15, 0.2) is 42.5 Å². The second-order valence-corrected chi connectivity index (χ2v) is 7.59. The van der Waals surface area contributed by atoms with Crippen LogP contribution < -0.4 is 0 Å². The zero-order chi connectivity index (χ0) is 22.4. The highest BCUT2D eigenvalue weighted by Gasteiger charge is 2.38. The lowest BCUT2D eigenvalue weighted by Crippen LogP contribution is -2.64. The van der Waals surface area contributed by atoms with E-state index in [-0.39, 0.29) is 18.5 Å². The largest absolute Gasteiger partial charge is 0.336 e. The number of carbonyl (C=O) groups is 1. The van der Waals surface area contributed by atoms with Crippen molar-refractivity contribution in [3.05, 3.63) is 70.8 Å². The molecule has 2 fully saturated rings. The fourth-order valence-electron chi connectivity index (χ4n) is 4.10. The van der Waals surface area contributed by atoms with Crippen molar-refractivity contribution in [1.82, 2.24) is 14.7 Å². The van der Waals surface area contributed by atoms with Crippen LogP contribution in [0.1, 0.15) is 30.5 Å². The Hall–Kier alpha value is -2.82. The van der Waals surface area contributed by atoms with Crippen molar-refractivity contribution >= 4 is 5.91 Å². The van der Waals surface area contributed by atoms with Crippen LogP contribution in [0.2, 0.25) is 0 Å². The second kappa shape index (κ2) is 10.5. The lowest BCUT2D eigenvalue weighted by molar-refractivity contribution is -0.146. The molecular weight excluding hydrogens is 398 g/mol. The van der Waals surface area contributed by atoms with Gasteiger partial charge in [-0.05, 0) is 23.8 Å². The summed E-state index contributed by atoms with van der Waals surface area (Å²) in [6, 6.07) is 12.9. The molecule has 7 heteroatoms. The molecule has 0 spiro atoms. The van der Waals surface area contributed by atoms with Crippen LogP contribution in [0.25, 0.3) is 0 Å². The minimum Gasteiger partial charge on any atom is -0.336 e. The van der Waals surface area contributed by atoms with Crippen LogP contribution >= 0.6 is 0 Å². The Balaban J connectivity index is 0.00000132. The van der Waals surface area contributed by atoms with Gasteiger partial charge in [-0.1, -0.05) is 32.0 Å². The summed E-state index contributed by atoms with van der Waals surface area (Å²) >= 11 is 0. The maximum absolute atomic E-state index is 14.0. The van der Waals surface area contributed by atoms with Crippen molar-refractivity contribution in [3.63, 3.8) is 0 Å². The van der Waals surface area contributed by atoms with Crippen molar-refractivity contribution < 1.29 is 13.6 Å². The molecule has 0 aromatic heterocycles. The Bertz CT molecular complexity index is 959. The molecule has 1 atom stereocenters. The summed E-state index contributed by atoms with van der Waals surface area (Å²) in [7, 11) is 0. The van der Waals surface area contributed by atoms with E-state index in [2.05, 4.69) is 15.9 Å². The van der Waals surface area contributed by atoms with E-state index in [1.165, 1.54) is 12.1 Å². The second-order valence-electron chi connectivity index (χ2n) is 7.59. The average molecular weight is 427 g/mol. The first-order chi connectivity index (χ1) is 15.0. The van der Waals surface area contributed by atoms with E-state index in [0.29, 0.717) is 30.8 Å². The van der Waals surface area contributed by atoms with E-state index in [4.69, 9.17) is 5.26 Å². The van der Waals surface area contributed by atoms with Gasteiger partial charge in [-0.15, -0.1) is 0 Å². The van der Waals surface area contributed by atoms with Crippen molar-refractivity contribution in [1.29, 1.82) is 5.26 Å². The van der Waals surface area contributed by atoms with Gasteiger partial charge in [0.05, 0.1) is 11.6 Å². The molecular formula is C24H28F2N4O. The number of fused-ring (bicyclic) bond motifs is 1. The van der Waals surface area contributed by atoms with Crippen LogP contribution in [0.5, 0.6) is 0 Å². The summed E-state index contributed by atoms with van der Waals surface area (Å²) in [5, 5.41) is 9.07. The molecule has 2 heterocycles. The Morgan fingerprint density at radius 1 is 1.03 bits per heavy atom. The van der Waals surface area contributed by atoms with Crippen molar-refractivity contribution in [2.75, 3.05) is 32.7 Å². The van der Waals surface area contributed by atoms with Gasteiger partial charge in [0.2, 0.25) is 5.91 Å². The summed E-state index contributed by atoms with van der Waals surface area (Å²) in [4.78, 5) is 19.1. The van der Waals surface area contributed by atoms with E-state index in [1.807, 2.05) is 32.0 Å². The third-order valence-corrected chi connectivity index (χ3v) is 5.67. The highest BCUT2D eigenvalue weighted by molar-refractivity contribution is 5.83. The van der Waals surface area contributed by atoms with Crippen LogP contribution in [0.4, 0.5) is 8.78 Å². The number of piperazine rings is 2. The maximum Gasteiger partial charge on any atom is 0.241 e. The molecule has 164 valence electrons. The number of carbonyl (C=O) groups excluding carboxylic acids is 1. The van der Waals surface area contributed by atoms with E-state index in [1.54, 1.807) is 11.0 Å². The number of hydrogen-bond acceptors (Lipinski definition) is 4. The highest BCUT2D eigenvalue weighted by atomic mass is 19.1. The number of halogens is 2. The number of hydrogen-bond donors (Lipinski definition) is 0. The van der Waals surface area contributed by atoms with Gasteiger partial charge >= 0.3 is 0 Å². The van der Waals surface area contributed by atoms with Crippen molar-refractivity contribution in [2.45, 2.75) is 33.0 Å². The van der Waals surface area contributed by atoms with Crippen molar-refractivity contribution in [2.24, 2.45) is 0 Å². The molecule has 31 heavy (non-hydrogen) atoms. The first-order valence-corrected chi connectivity index (χ1v) is 10.7. The number of benzene rings is 2. The van der Waals surface area contributed by atoms with Crippen LogP contribution in [0.3, 0.4) is 0 Å². The smallest absolute Gasteiger partial charge is 0.241 e. The van der Waals surface area contributed by atoms with Gasteiger partial charge in [0.1, 0.15) is 17.7 Å². The van der Waals surface area contributed by atoms with Gasteiger partial charge in [-0.25, -0.2) is 8.78 Å². The zero-order valence-electron chi connectivity index (χ0n) is 18.0. The van der Waals surface area contributed by atoms with E-state index < -0.39 is 11.6 Å². The van der Waals surface area contributed by atoms with Gasteiger partial charge in [0.25, 0.3) is 0 Å². The first-order valence-electron chi connectivity index (χ1n) is 10.7. The molecule has 2 saturated heterocycles. The number of nitriles is 1. The first kappa shape index (κ1) is 22.9. The summed E-state index contributed by atoms with van der Waals surface area (Å²) in [6.07, 6.45) is 0. The van der Waals surface area contributed by atoms with Gasteiger partial charge in [-0.3, -0.25) is 14.6 Å². The van der Waals surface area contributed by atoms with E-state index >= 15 is 0 Å². The summed E-state index contributed by atoms with van der Waals surface area (Å²) in [5.74, 6) is -1.26. The predicted molar refractivity (Wildman–Crippen MR) is 115 cm³/mol. The Morgan fingerprint density at radius 3 is 2.55 bits per heavy atom. The third kappa shape index (κ3) is 5.46. The fraction of sp³-hybridized carbons (Fsp3) is 0.417. The normalized spacial score (nSPS) is 19.3. The quantitative estimate of drug-likeness (QED) is 0.752. The maximum atomic E-state index is 14.0. The number of nitrogens with zero attached hydrogens (tertiary/aromatic N) is 4. The van der Waals surface area contributed by atoms with Gasteiger partial charge in [0.15, 0.2) is 0 Å². The number of rotatable bonds is 4. The summed E-state index contributed by atoms with van der Waals surface area (Å²) in [6.45, 7) is 8.37. The molecule has 2 aliphatic heterocycles. The average Bonchev–Trinajstić information content (AvgIpc) is 2.79. The van der Waals surface area contributed by atoms with E-state index in [0.717, 1.165) is 31.3 Å². The standard InChI is InChI=1S/C22H22F2N4O.C2H6/c23-19-5-4-18(20(24)11-19)14-28-9-8-27-7-6-26(15-21(27)22(28)29)13-17-3-1-2-16(10-17)12-25;1-2/h1-5,10-11,21H,6-9,13-15H2;1-2H3. The number of amides is 1. The summed E-state index contributed by atoms with van der Waals surface area (Å²) in [5.41, 5.74) is 2.00. The zero-order valence-corrected chi connectivity index (χ0v) is 18.0. The molecule has 4 rings (SSSR count). The Morgan fingerprint density at radius 2 is 1.81 bits per heavy atom. The van der Waals surface area contributed by atoms with Crippen LogP contribution in [-0.4, -0.2) is 59.4 Å². The highest BCUT2D eigenvalue weighted by Crippen LogP contribution is 2.21.